The Balaban J connectivity index is 1.61. The Morgan fingerprint density at radius 1 is 1.23 bits per heavy atom. The van der Waals surface area contributed by atoms with Gasteiger partial charge in [-0.1, -0.05) is 34.5 Å². The molecule has 1 atom stereocenters. The van der Waals surface area contributed by atoms with E-state index in [2.05, 4.69) is 10.3 Å². The summed E-state index contributed by atoms with van der Waals surface area (Å²) in [6.45, 7) is 0.475. The molecule has 134 valence electrons. The number of imide groups is 1. The first kappa shape index (κ1) is 17.3. The number of benzene rings is 1. The van der Waals surface area contributed by atoms with Crippen LogP contribution in [0.15, 0.2) is 28.6 Å². The molecule has 2 aromatic rings. The third-order valence-electron chi connectivity index (χ3n) is 4.40. The van der Waals surface area contributed by atoms with E-state index in [1.54, 1.807) is 19.2 Å². The van der Waals surface area contributed by atoms with Gasteiger partial charge < -0.3 is 5.32 Å². The molecule has 4 rings (SSSR count). The molecule has 0 saturated carbocycles. The lowest BCUT2D eigenvalue weighted by Crippen LogP contribution is -2.62. The second kappa shape index (κ2) is 6.22. The predicted octanol–water partition coefficient (Wildman–Crippen LogP) is 3.06. The van der Waals surface area contributed by atoms with E-state index in [1.165, 1.54) is 23.3 Å². The average Bonchev–Trinajstić information content (AvgIpc) is 3.18. The summed E-state index contributed by atoms with van der Waals surface area (Å²) in [5, 5.41) is 6.87. The topological polar surface area (TPSA) is 68.9 Å². The van der Waals surface area contributed by atoms with E-state index < -0.39 is 6.04 Å². The number of amidine groups is 1. The molecule has 2 aliphatic heterocycles. The van der Waals surface area contributed by atoms with Crippen LogP contribution in [0.25, 0.3) is 0 Å². The van der Waals surface area contributed by atoms with Crippen LogP contribution >= 0.6 is 34.5 Å². The first-order valence-electron chi connectivity index (χ1n) is 7.73. The number of amides is 3. The maximum atomic E-state index is 12.7. The smallest absolute Gasteiger partial charge is 0.377 e. The fraction of sp³-hybridized carbons (Fsp3) is 0.250. The third-order valence-corrected chi connectivity index (χ3v) is 6.03. The molecule has 1 unspecified atom stereocenters. The summed E-state index contributed by atoms with van der Waals surface area (Å²) in [6.07, 6.45) is 0. The first-order chi connectivity index (χ1) is 12.4. The van der Waals surface area contributed by atoms with Crippen molar-refractivity contribution in [3.8, 4) is 0 Å². The summed E-state index contributed by atoms with van der Waals surface area (Å²) in [6, 6.07) is 4.30. The second-order valence-electron chi connectivity index (χ2n) is 5.97. The van der Waals surface area contributed by atoms with Gasteiger partial charge in [0.25, 0.3) is 17.8 Å². The number of carbonyl (C=O) groups is 2. The molecule has 1 saturated heterocycles. The molecule has 0 aliphatic carbocycles. The highest BCUT2D eigenvalue weighted by Gasteiger charge is 2.53. The van der Waals surface area contributed by atoms with E-state index in [4.69, 9.17) is 23.2 Å². The van der Waals surface area contributed by atoms with Crippen molar-refractivity contribution in [1.82, 2.24) is 9.80 Å². The number of nitrogens with one attached hydrogen (secondary N) is 1. The van der Waals surface area contributed by atoms with Crippen molar-refractivity contribution in [3.05, 3.63) is 39.3 Å². The minimum Gasteiger partial charge on any atom is -0.377 e. The zero-order valence-corrected chi connectivity index (χ0v) is 16.2. The molecule has 26 heavy (non-hydrogen) atoms. The largest absolute Gasteiger partial charge is 0.385 e. The SMILES string of the molecule is CN1C(=O)C2C(=Nc3scc(CNc4ccc(Cl)c(Cl)c4)[n+]32)N(C)C1=O. The summed E-state index contributed by atoms with van der Waals surface area (Å²) >= 11 is 13.4. The minimum atomic E-state index is -0.616. The zero-order valence-electron chi connectivity index (χ0n) is 13.9. The summed E-state index contributed by atoms with van der Waals surface area (Å²) in [4.78, 5) is 31.8. The Hall–Kier alpha value is -2.16. The number of aromatic nitrogens is 1. The molecule has 1 N–H and O–H groups in total. The van der Waals surface area contributed by atoms with Crippen molar-refractivity contribution in [2.24, 2.45) is 4.99 Å². The Morgan fingerprint density at radius 2 is 2.00 bits per heavy atom. The second-order valence-corrected chi connectivity index (χ2v) is 7.62. The van der Waals surface area contributed by atoms with E-state index >= 15 is 0 Å². The maximum Gasteiger partial charge on any atom is 0.385 e. The number of nitrogens with zero attached hydrogens (tertiary/aromatic N) is 4. The lowest BCUT2D eigenvalue weighted by atomic mass is 10.1. The van der Waals surface area contributed by atoms with E-state index in [-0.39, 0.29) is 11.9 Å². The van der Waals surface area contributed by atoms with Crippen LogP contribution in [0.3, 0.4) is 0 Å². The van der Waals surface area contributed by atoms with Crippen molar-refractivity contribution in [2.45, 2.75) is 12.6 Å². The average molecular weight is 411 g/mol. The minimum absolute atomic E-state index is 0.287. The molecule has 3 heterocycles. The maximum absolute atomic E-state index is 12.7. The molecule has 0 radical (unpaired) electrons. The van der Waals surface area contributed by atoms with Crippen LogP contribution in [0, 0.1) is 0 Å². The normalized spacial score (nSPS) is 18.8. The first-order valence-corrected chi connectivity index (χ1v) is 9.36. The van der Waals surface area contributed by atoms with E-state index in [9.17, 15) is 9.59 Å². The molecule has 0 bridgehead atoms. The number of fused-ring (bicyclic) bond motifs is 3. The van der Waals surface area contributed by atoms with Crippen LogP contribution in [-0.2, 0) is 11.3 Å². The Morgan fingerprint density at radius 3 is 2.73 bits per heavy atom. The van der Waals surface area contributed by atoms with Gasteiger partial charge in [0.2, 0.25) is 0 Å². The van der Waals surface area contributed by atoms with Gasteiger partial charge in [-0.2, -0.15) is 4.57 Å². The summed E-state index contributed by atoms with van der Waals surface area (Å²) < 4.78 is 1.87. The highest BCUT2D eigenvalue weighted by atomic mass is 35.5. The van der Waals surface area contributed by atoms with Crippen LogP contribution in [0.1, 0.15) is 11.7 Å². The van der Waals surface area contributed by atoms with Gasteiger partial charge >= 0.3 is 11.2 Å². The van der Waals surface area contributed by atoms with Gasteiger partial charge in [0.05, 0.1) is 16.6 Å². The van der Waals surface area contributed by atoms with Crippen LogP contribution in [0.2, 0.25) is 10.0 Å². The van der Waals surface area contributed by atoms with E-state index in [1.807, 2.05) is 16.0 Å². The zero-order chi connectivity index (χ0) is 18.6. The van der Waals surface area contributed by atoms with Crippen LogP contribution in [0.4, 0.5) is 15.6 Å². The number of anilines is 1. The molecular weight excluding hydrogens is 397 g/mol. The number of halogens is 2. The summed E-state index contributed by atoms with van der Waals surface area (Å²) in [5.41, 5.74) is 1.71. The number of aliphatic imine (C=N–C) groups is 1. The predicted molar refractivity (Wildman–Crippen MR) is 100 cm³/mol. The lowest BCUT2D eigenvalue weighted by Gasteiger charge is -2.29. The number of hydrogen-bond donors (Lipinski definition) is 1. The third kappa shape index (κ3) is 2.56. The quantitative estimate of drug-likeness (QED) is 0.790. The number of likely N-dealkylation sites (N-methyl/N-ethyl adjacent to an activating group) is 2. The molecule has 3 amide bonds. The number of carbonyl (C=O) groups excluding carboxylic acids is 2. The fourth-order valence-electron chi connectivity index (χ4n) is 2.99. The monoisotopic (exact) mass is 410 g/mol. The Kier molecular flexibility index (Phi) is 4.13. The highest BCUT2D eigenvalue weighted by Crippen LogP contribution is 2.32. The van der Waals surface area contributed by atoms with Crippen molar-refractivity contribution >= 4 is 63.1 Å². The molecule has 1 aromatic heterocycles. The van der Waals surface area contributed by atoms with E-state index in [0.29, 0.717) is 27.6 Å². The number of urea groups is 1. The van der Waals surface area contributed by atoms with Gasteiger partial charge in [-0.05, 0) is 23.2 Å². The van der Waals surface area contributed by atoms with Gasteiger partial charge in [0.15, 0.2) is 0 Å². The van der Waals surface area contributed by atoms with Gasteiger partial charge in [-0.3, -0.25) is 14.6 Å². The van der Waals surface area contributed by atoms with Gasteiger partial charge in [0.1, 0.15) is 5.69 Å². The van der Waals surface area contributed by atoms with Crippen molar-refractivity contribution in [2.75, 3.05) is 19.4 Å². The molecule has 1 aromatic carbocycles. The van der Waals surface area contributed by atoms with Gasteiger partial charge in [-0.15, -0.1) is 0 Å². The van der Waals surface area contributed by atoms with Crippen LogP contribution in [-0.4, -0.2) is 41.7 Å². The van der Waals surface area contributed by atoms with E-state index in [0.717, 1.165) is 16.3 Å². The Bertz CT molecular complexity index is 974. The van der Waals surface area contributed by atoms with Crippen molar-refractivity contribution in [1.29, 1.82) is 0 Å². The Labute approximate surface area is 163 Å². The molecule has 2 aliphatic rings. The van der Waals surface area contributed by atoms with Crippen molar-refractivity contribution in [3.63, 3.8) is 0 Å². The van der Waals surface area contributed by atoms with Crippen molar-refractivity contribution < 1.29 is 14.2 Å². The fourth-order valence-corrected chi connectivity index (χ4v) is 4.21. The summed E-state index contributed by atoms with van der Waals surface area (Å²) in [5.74, 6) is 0.172. The van der Waals surface area contributed by atoms with Gasteiger partial charge in [0, 0.05) is 25.2 Å². The molecular formula is C16H14Cl2N5O2S+. The summed E-state index contributed by atoms with van der Waals surface area (Å²) in [7, 11) is 3.11. The van der Waals surface area contributed by atoms with Crippen LogP contribution < -0.4 is 9.88 Å². The molecule has 10 heteroatoms. The number of rotatable bonds is 3. The standard InChI is InChI=1S/C16H14Cl2N5O2S/c1-21-13-12(14(24)22(2)16(21)25)23-9(7-26-15(23)20-13)6-19-8-3-4-10(17)11(18)5-8/h3-5,7,12,19H,6H2,1-2H3/q+1. The lowest BCUT2D eigenvalue weighted by molar-refractivity contribution is -0.680. The molecule has 1 fully saturated rings. The van der Waals surface area contributed by atoms with Gasteiger partial charge in [-0.25, -0.2) is 4.79 Å². The number of hydrogen-bond acceptors (Lipinski definition) is 5. The molecule has 0 spiro atoms. The molecule has 7 nitrogen and oxygen atoms in total. The highest BCUT2D eigenvalue weighted by molar-refractivity contribution is 7.13. The van der Waals surface area contributed by atoms with Crippen LogP contribution in [0.5, 0.6) is 0 Å². The number of thiazole rings is 1.